The zero-order chi connectivity index (χ0) is 12.4. The molecule has 0 aliphatic carbocycles. The quantitative estimate of drug-likeness (QED) is 0.854. The highest BCUT2D eigenvalue weighted by Crippen LogP contribution is 2.25. The molecule has 1 aromatic rings. The topological polar surface area (TPSA) is 36.4 Å². The number of aromatic nitrogens is 1. The van der Waals surface area contributed by atoms with Crippen LogP contribution in [0.5, 0.6) is 0 Å². The van der Waals surface area contributed by atoms with Gasteiger partial charge in [0.2, 0.25) is 0 Å². The smallest absolute Gasteiger partial charge is 0.128 e. The Morgan fingerprint density at radius 3 is 2.41 bits per heavy atom. The van der Waals surface area contributed by atoms with E-state index in [9.17, 15) is 5.11 Å². The fourth-order valence-corrected chi connectivity index (χ4v) is 2.68. The largest absolute Gasteiger partial charge is 0.389 e. The number of aliphatic hydroxyl groups excluding tert-OH is 1. The molecule has 0 aromatic carbocycles. The molecular weight excluding hydrogens is 212 g/mol. The second kappa shape index (κ2) is 5.05. The normalized spacial score (nSPS) is 26.9. The SMILES string of the molecule is CC1CC(C)CN(c2ccc([C@@H](C)O)cn2)C1. The molecule has 0 amide bonds. The first-order chi connectivity index (χ1) is 8.06. The first-order valence-corrected chi connectivity index (χ1v) is 6.45. The summed E-state index contributed by atoms with van der Waals surface area (Å²) in [6.07, 6.45) is 2.65. The maximum absolute atomic E-state index is 9.46. The van der Waals surface area contributed by atoms with Crippen molar-refractivity contribution in [3.05, 3.63) is 23.9 Å². The minimum absolute atomic E-state index is 0.434. The van der Waals surface area contributed by atoms with Crippen LogP contribution in [0.15, 0.2) is 18.3 Å². The highest BCUT2D eigenvalue weighted by atomic mass is 16.3. The van der Waals surface area contributed by atoms with Crippen LogP contribution < -0.4 is 4.90 Å². The van der Waals surface area contributed by atoms with Gasteiger partial charge in [-0.1, -0.05) is 19.9 Å². The number of piperidine rings is 1. The van der Waals surface area contributed by atoms with Gasteiger partial charge in [-0.25, -0.2) is 4.98 Å². The van der Waals surface area contributed by atoms with Crippen molar-refractivity contribution in [2.24, 2.45) is 11.8 Å². The third kappa shape index (κ3) is 2.97. The van der Waals surface area contributed by atoms with Crippen molar-refractivity contribution in [1.29, 1.82) is 0 Å². The predicted molar refractivity (Wildman–Crippen MR) is 70.0 cm³/mol. The van der Waals surface area contributed by atoms with Gasteiger partial charge in [0.25, 0.3) is 0 Å². The van der Waals surface area contributed by atoms with E-state index in [1.165, 1.54) is 6.42 Å². The highest BCUT2D eigenvalue weighted by molar-refractivity contribution is 5.40. The molecule has 1 aliphatic heterocycles. The maximum atomic E-state index is 9.46. The zero-order valence-electron chi connectivity index (χ0n) is 10.9. The highest BCUT2D eigenvalue weighted by Gasteiger charge is 2.22. The number of hydrogen-bond acceptors (Lipinski definition) is 3. The summed E-state index contributed by atoms with van der Waals surface area (Å²) in [5.74, 6) is 2.50. The molecule has 3 heteroatoms. The molecule has 1 saturated heterocycles. The van der Waals surface area contributed by atoms with Crippen molar-refractivity contribution in [1.82, 2.24) is 4.98 Å². The molecule has 2 heterocycles. The first kappa shape index (κ1) is 12.4. The van der Waals surface area contributed by atoms with Gasteiger partial charge in [0.15, 0.2) is 0 Å². The molecule has 0 bridgehead atoms. The lowest BCUT2D eigenvalue weighted by Crippen LogP contribution is -2.39. The van der Waals surface area contributed by atoms with Gasteiger partial charge in [-0.15, -0.1) is 0 Å². The van der Waals surface area contributed by atoms with E-state index in [4.69, 9.17) is 0 Å². The molecule has 2 unspecified atom stereocenters. The van der Waals surface area contributed by atoms with Gasteiger partial charge < -0.3 is 10.0 Å². The van der Waals surface area contributed by atoms with Crippen molar-refractivity contribution >= 4 is 5.82 Å². The average Bonchev–Trinajstić information content (AvgIpc) is 2.28. The number of nitrogens with zero attached hydrogens (tertiary/aromatic N) is 2. The van der Waals surface area contributed by atoms with Gasteiger partial charge >= 0.3 is 0 Å². The Balaban J connectivity index is 2.11. The lowest BCUT2D eigenvalue weighted by molar-refractivity contribution is 0.199. The molecule has 3 nitrogen and oxygen atoms in total. The fraction of sp³-hybridized carbons (Fsp3) is 0.643. The average molecular weight is 234 g/mol. The van der Waals surface area contributed by atoms with Gasteiger partial charge in [-0.2, -0.15) is 0 Å². The van der Waals surface area contributed by atoms with Gasteiger partial charge in [0.1, 0.15) is 5.82 Å². The summed E-state index contributed by atoms with van der Waals surface area (Å²) in [5, 5.41) is 9.46. The van der Waals surface area contributed by atoms with Crippen molar-refractivity contribution < 1.29 is 5.11 Å². The Bertz CT molecular complexity index is 351. The van der Waals surface area contributed by atoms with E-state index in [1.807, 2.05) is 12.1 Å². The van der Waals surface area contributed by atoms with E-state index in [1.54, 1.807) is 13.1 Å². The van der Waals surface area contributed by atoms with Crippen LogP contribution >= 0.6 is 0 Å². The van der Waals surface area contributed by atoms with Crippen LogP contribution in [0.1, 0.15) is 38.9 Å². The molecule has 1 fully saturated rings. The van der Waals surface area contributed by atoms with E-state index >= 15 is 0 Å². The minimum atomic E-state index is -0.434. The molecule has 0 radical (unpaired) electrons. The van der Waals surface area contributed by atoms with E-state index in [0.717, 1.165) is 36.3 Å². The third-order valence-corrected chi connectivity index (χ3v) is 3.45. The second-order valence-corrected chi connectivity index (χ2v) is 5.48. The molecule has 2 rings (SSSR count). The Morgan fingerprint density at radius 1 is 1.29 bits per heavy atom. The molecule has 94 valence electrons. The summed E-state index contributed by atoms with van der Waals surface area (Å²) < 4.78 is 0. The number of pyridine rings is 1. The second-order valence-electron chi connectivity index (χ2n) is 5.48. The molecule has 0 saturated carbocycles. The van der Waals surface area contributed by atoms with Crippen molar-refractivity contribution in [2.75, 3.05) is 18.0 Å². The van der Waals surface area contributed by atoms with Gasteiger partial charge in [-0.05, 0) is 36.8 Å². The molecule has 3 atom stereocenters. The molecule has 0 spiro atoms. The minimum Gasteiger partial charge on any atom is -0.389 e. The zero-order valence-corrected chi connectivity index (χ0v) is 10.9. The van der Waals surface area contributed by atoms with E-state index in [0.29, 0.717) is 0 Å². The van der Waals surface area contributed by atoms with Crippen LogP contribution in [0.4, 0.5) is 5.82 Å². The lowest BCUT2D eigenvalue weighted by Gasteiger charge is -2.35. The van der Waals surface area contributed by atoms with Crippen molar-refractivity contribution in [3.8, 4) is 0 Å². The standard InChI is InChI=1S/C14H22N2O/c1-10-6-11(2)9-16(8-10)14-5-4-13(7-15-14)12(3)17/h4-5,7,10-12,17H,6,8-9H2,1-3H3/t10?,11?,12-/m1/s1. The fourth-order valence-electron chi connectivity index (χ4n) is 2.68. The number of anilines is 1. The van der Waals surface area contributed by atoms with Gasteiger partial charge in [-0.3, -0.25) is 0 Å². The molecular formula is C14H22N2O. The molecule has 1 aromatic heterocycles. The van der Waals surface area contributed by atoms with Crippen molar-refractivity contribution in [2.45, 2.75) is 33.3 Å². The summed E-state index contributed by atoms with van der Waals surface area (Å²) >= 11 is 0. The van der Waals surface area contributed by atoms with E-state index in [-0.39, 0.29) is 0 Å². The van der Waals surface area contributed by atoms with Gasteiger partial charge in [0, 0.05) is 19.3 Å². The lowest BCUT2D eigenvalue weighted by atomic mass is 9.92. The summed E-state index contributed by atoms with van der Waals surface area (Å²) in [4.78, 5) is 6.81. The van der Waals surface area contributed by atoms with E-state index in [2.05, 4.69) is 23.7 Å². The van der Waals surface area contributed by atoms with Crippen LogP contribution in [0.2, 0.25) is 0 Å². The number of rotatable bonds is 2. The Hall–Kier alpha value is -1.09. The van der Waals surface area contributed by atoms with E-state index < -0.39 is 6.10 Å². The predicted octanol–water partition coefficient (Wildman–Crippen LogP) is 2.62. The first-order valence-electron chi connectivity index (χ1n) is 6.45. The van der Waals surface area contributed by atoms with Crippen LogP contribution in [-0.4, -0.2) is 23.2 Å². The van der Waals surface area contributed by atoms with Crippen LogP contribution in [0.25, 0.3) is 0 Å². The number of hydrogen-bond donors (Lipinski definition) is 1. The van der Waals surface area contributed by atoms with Crippen LogP contribution in [-0.2, 0) is 0 Å². The number of aliphatic hydroxyl groups is 1. The van der Waals surface area contributed by atoms with Crippen LogP contribution in [0.3, 0.4) is 0 Å². The Morgan fingerprint density at radius 2 is 1.94 bits per heavy atom. The van der Waals surface area contributed by atoms with Gasteiger partial charge in [0.05, 0.1) is 6.10 Å². The molecule has 17 heavy (non-hydrogen) atoms. The summed E-state index contributed by atoms with van der Waals surface area (Å²) in [7, 11) is 0. The third-order valence-electron chi connectivity index (χ3n) is 3.45. The monoisotopic (exact) mass is 234 g/mol. The Kier molecular flexibility index (Phi) is 3.67. The summed E-state index contributed by atoms with van der Waals surface area (Å²) in [5.41, 5.74) is 0.881. The summed E-state index contributed by atoms with van der Waals surface area (Å²) in [6.45, 7) is 8.54. The molecule has 1 N–H and O–H groups in total. The van der Waals surface area contributed by atoms with Crippen LogP contribution in [0, 0.1) is 11.8 Å². The molecule has 1 aliphatic rings. The maximum Gasteiger partial charge on any atom is 0.128 e. The summed E-state index contributed by atoms with van der Waals surface area (Å²) in [6, 6.07) is 3.99. The van der Waals surface area contributed by atoms with Crippen molar-refractivity contribution in [3.63, 3.8) is 0 Å². The Labute approximate surface area is 103 Å².